The van der Waals surface area contributed by atoms with Crippen LogP contribution in [0.3, 0.4) is 0 Å². The first kappa shape index (κ1) is 42.0. The molecule has 0 bridgehead atoms. The fourth-order valence-corrected chi connectivity index (χ4v) is 9.06. The van der Waals surface area contributed by atoms with Crippen molar-refractivity contribution in [2.45, 2.75) is 64.7 Å². The molecule has 0 spiro atoms. The van der Waals surface area contributed by atoms with Gasteiger partial charge in [-0.3, -0.25) is 44.0 Å². The van der Waals surface area contributed by atoms with Crippen LogP contribution < -0.4 is 25.3 Å². The predicted molar refractivity (Wildman–Crippen MR) is 232 cm³/mol. The van der Waals surface area contributed by atoms with Gasteiger partial charge in [0.25, 0.3) is 17.7 Å². The number of benzene rings is 1. The van der Waals surface area contributed by atoms with Crippen LogP contribution in [0.25, 0.3) is 11.5 Å². The Morgan fingerprint density at radius 3 is 2.41 bits per heavy atom. The summed E-state index contributed by atoms with van der Waals surface area (Å²) in [6.45, 7) is 12.4. The molecule has 0 saturated carbocycles. The van der Waals surface area contributed by atoms with Gasteiger partial charge in [0.05, 0.1) is 49.7 Å². The normalized spacial score (nSPS) is 20.3. The van der Waals surface area contributed by atoms with Crippen LogP contribution in [0.2, 0.25) is 0 Å². The predicted octanol–water partition coefficient (Wildman–Crippen LogP) is 2.57. The van der Waals surface area contributed by atoms with E-state index in [0.717, 1.165) is 74.1 Å². The van der Waals surface area contributed by atoms with Crippen LogP contribution >= 0.6 is 0 Å². The van der Waals surface area contributed by atoms with E-state index in [4.69, 9.17) is 19.4 Å². The molecule has 8 heterocycles. The van der Waals surface area contributed by atoms with Gasteiger partial charge in [0.1, 0.15) is 35.5 Å². The largest absolute Gasteiger partial charge is 0.378 e. The maximum Gasteiger partial charge on any atom is 0.262 e. The molecule has 0 radical (unpaired) electrons. The zero-order valence-electron chi connectivity index (χ0n) is 35.6. The van der Waals surface area contributed by atoms with Gasteiger partial charge in [-0.1, -0.05) is 6.07 Å². The van der Waals surface area contributed by atoms with E-state index >= 15 is 0 Å². The quantitative estimate of drug-likeness (QED) is 0.123. The lowest BCUT2D eigenvalue weighted by Gasteiger charge is -2.36. The summed E-state index contributed by atoms with van der Waals surface area (Å²) in [5.41, 5.74) is 3.52. The van der Waals surface area contributed by atoms with Crippen molar-refractivity contribution in [3.05, 3.63) is 71.0 Å². The summed E-state index contributed by atoms with van der Waals surface area (Å²) in [6.07, 6.45) is 4.04. The van der Waals surface area contributed by atoms with Crippen molar-refractivity contribution in [1.82, 2.24) is 39.8 Å². The molecule has 1 unspecified atom stereocenters. The van der Waals surface area contributed by atoms with Gasteiger partial charge in [0.2, 0.25) is 11.8 Å². The number of pyridine rings is 2. The number of imide groups is 2. The second-order valence-corrected chi connectivity index (χ2v) is 16.4. The summed E-state index contributed by atoms with van der Waals surface area (Å²) in [5.74, 6) is 0.525. The highest BCUT2D eigenvalue weighted by Crippen LogP contribution is 2.36. The Balaban J connectivity index is 0.721. The van der Waals surface area contributed by atoms with E-state index in [1.165, 1.54) is 0 Å². The second kappa shape index (κ2) is 18.2. The average molecular weight is 861 g/mol. The molecule has 3 aromatic heterocycles. The third kappa shape index (κ3) is 8.47. The topological polar surface area (TPSA) is 201 Å². The smallest absolute Gasteiger partial charge is 0.262 e. The van der Waals surface area contributed by atoms with Crippen molar-refractivity contribution in [2.24, 2.45) is 0 Å². The number of nitrogens with zero attached hydrogens (tertiary/aromatic N) is 10. The molecule has 9 rings (SSSR count). The summed E-state index contributed by atoms with van der Waals surface area (Å²) in [5, 5.41) is 14.0. The summed E-state index contributed by atoms with van der Waals surface area (Å²) in [7, 11) is 0. The third-order valence-corrected chi connectivity index (χ3v) is 12.6. The number of carbonyl (C=O) groups excluding carboxylic acids is 5. The van der Waals surface area contributed by atoms with Crippen molar-refractivity contribution in [3.63, 3.8) is 0 Å². The van der Waals surface area contributed by atoms with Crippen LogP contribution in [-0.4, -0.2) is 148 Å². The molecule has 4 aromatic rings. The zero-order chi connectivity index (χ0) is 43.6. The van der Waals surface area contributed by atoms with Crippen LogP contribution in [-0.2, 0) is 32.2 Å². The number of ether oxygens (including phenoxy) is 2. The summed E-state index contributed by atoms with van der Waals surface area (Å²) in [6, 6.07) is 12.1. The van der Waals surface area contributed by atoms with Crippen molar-refractivity contribution < 1.29 is 33.4 Å². The van der Waals surface area contributed by atoms with Gasteiger partial charge in [-0.05, 0) is 69.5 Å². The van der Waals surface area contributed by atoms with Crippen molar-refractivity contribution in [2.75, 3.05) is 92.3 Å². The number of aromatic nitrogens is 5. The van der Waals surface area contributed by atoms with Crippen molar-refractivity contribution >= 4 is 52.7 Å². The number of fused-ring (bicyclic) bond motifs is 2. The molecule has 5 aliphatic heterocycles. The van der Waals surface area contributed by atoms with Crippen LogP contribution in [0.4, 0.5) is 23.1 Å². The molecule has 330 valence electrons. The molecule has 2 N–H and O–H groups in total. The van der Waals surface area contributed by atoms with Gasteiger partial charge < -0.3 is 29.2 Å². The van der Waals surface area contributed by atoms with Gasteiger partial charge in [0, 0.05) is 76.1 Å². The molecule has 2 atom stereocenters. The Hall–Kier alpha value is -6.31. The van der Waals surface area contributed by atoms with E-state index < -0.39 is 29.7 Å². The fourth-order valence-electron chi connectivity index (χ4n) is 9.06. The number of hydrogen-bond acceptors (Lipinski definition) is 15. The molecule has 0 aliphatic carbocycles. The maximum absolute atomic E-state index is 14.0. The highest BCUT2D eigenvalue weighted by molar-refractivity contribution is 6.23. The number of nitrogens with one attached hydrogen (secondary N) is 2. The Labute approximate surface area is 364 Å². The molecule has 63 heavy (non-hydrogen) atoms. The molecule has 1 aromatic carbocycles. The van der Waals surface area contributed by atoms with Gasteiger partial charge in [0.15, 0.2) is 5.82 Å². The minimum atomic E-state index is -0.985. The number of carbonyl (C=O) groups is 5. The van der Waals surface area contributed by atoms with Gasteiger partial charge >= 0.3 is 0 Å². The SMILES string of the molecule is CCn1cnnc1-c1cccc(N2Cc3c(cc(N4CCC[C@H]4C)nc3NCCOCCOCCN3CCN(c4ccc5c(c4)C(=O)N(C4CCC(=O)NC4=O)C5=O)CC3)C2=O)n1. The number of rotatable bonds is 16. The lowest BCUT2D eigenvalue weighted by Crippen LogP contribution is -2.54. The first-order valence-electron chi connectivity index (χ1n) is 21.9. The average Bonchev–Trinajstić information content (AvgIpc) is 4.09. The highest BCUT2D eigenvalue weighted by Gasteiger charge is 2.45. The number of piperidine rings is 1. The number of piperazine rings is 1. The standard InChI is InChI=1S/C44H52N12O7/c1-3-52-27-46-50-40(52)34-7-4-8-36(47-34)55-26-33-32(42(55)59)25-37(54-14-5-6-28(54)2)48-39(33)45-13-20-62-22-23-63-21-19-51-15-17-53(18-16-51)29-9-10-30-31(24-29)44(61)56(43(30)60)35-11-12-38(57)49-41(35)58/h4,7-10,24-25,27-28,35H,3,5-6,11-23,26H2,1-2H3,(H,45,48)(H,49,57,58)/t28-,35?/m1/s1. The van der Waals surface area contributed by atoms with E-state index in [-0.39, 0.29) is 29.9 Å². The Morgan fingerprint density at radius 2 is 1.63 bits per heavy atom. The van der Waals surface area contributed by atoms with Crippen LogP contribution in [0, 0.1) is 0 Å². The van der Waals surface area contributed by atoms with Crippen molar-refractivity contribution in [3.8, 4) is 11.5 Å². The Bertz CT molecular complexity index is 2420. The Kier molecular flexibility index (Phi) is 12.1. The van der Waals surface area contributed by atoms with Crippen LogP contribution in [0.5, 0.6) is 0 Å². The first-order valence-corrected chi connectivity index (χ1v) is 21.9. The van der Waals surface area contributed by atoms with E-state index in [2.05, 4.69) is 42.5 Å². The molecule has 5 amide bonds. The minimum Gasteiger partial charge on any atom is -0.378 e. The number of amides is 5. The third-order valence-electron chi connectivity index (χ3n) is 12.6. The maximum atomic E-state index is 14.0. The van der Waals surface area contributed by atoms with Crippen molar-refractivity contribution in [1.29, 1.82) is 0 Å². The number of hydrogen-bond donors (Lipinski definition) is 2. The number of anilines is 4. The van der Waals surface area contributed by atoms with E-state index in [9.17, 15) is 24.0 Å². The molecular weight excluding hydrogens is 809 g/mol. The molecular formula is C44H52N12O7. The van der Waals surface area contributed by atoms with Gasteiger partial charge in [-0.15, -0.1) is 10.2 Å². The summed E-state index contributed by atoms with van der Waals surface area (Å²) < 4.78 is 13.8. The van der Waals surface area contributed by atoms with Crippen LogP contribution in [0.1, 0.15) is 76.2 Å². The summed E-state index contributed by atoms with van der Waals surface area (Å²) >= 11 is 0. The first-order chi connectivity index (χ1) is 30.7. The fraction of sp³-hybridized carbons (Fsp3) is 0.477. The number of aryl methyl sites for hydroxylation is 1. The van der Waals surface area contributed by atoms with E-state index in [1.807, 2.05) is 41.8 Å². The highest BCUT2D eigenvalue weighted by atomic mass is 16.5. The molecule has 3 saturated heterocycles. The minimum absolute atomic E-state index is 0.0823. The zero-order valence-corrected chi connectivity index (χ0v) is 35.6. The lowest BCUT2D eigenvalue weighted by molar-refractivity contribution is -0.136. The van der Waals surface area contributed by atoms with Gasteiger partial charge in [-0.25, -0.2) is 9.97 Å². The lowest BCUT2D eigenvalue weighted by atomic mass is 10.0. The molecule has 19 nitrogen and oxygen atoms in total. The summed E-state index contributed by atoms with van der Waals surface area (Å²) in [4.78, 5) is 83.8. The monoisotopic (exact) mass is 860 g/mol. The molecule has 5 aliphatic rings. The van der Waals surface area contributed by atoms with Gasteiger partial charge in [-0.2, -0.15) is 0 Å². The van der Waals surface area contributed by atoms with E-state index in [0.29, 0.717) is 80.8 Å². The van der Waals surface area contributed by atoms with E-state index in [1.54, 1.807) is 23.4 Å². The Morgan fingerprint density at radius 1 is 0.825 bits per heavy atom. The van der Waals surface area contributed by atoms with Crippen LogP contribution in [0.15, 0.2) is 48.8 Å². The second-order valence-electron chi connectivity index (χ2n) is 16.4. The molecule has 19 heteroatoms. The molecule has 3 fully saturated rings.